The van der Waals surface area contributed by atoms with Gasteiger partial charge in [0.25, 0.3) is 0 Å². The molecule has 0 aliphatic carbocycles. The number of aliphatic hydroxyl groups excluding tert-OH is 1. The average Bonchev–Trinajstić information content (AvgIpc) is 2.62. The zero-order chi connectivity index (χ0) is 15.1. The zero-order valence-corrected chi connectivity index (χ0v) is 13.2. The monoisotopic (exact) mass is 286 g/mol. The van der Waals surface area contributed by atoms with Crippen LogP contribution in [0, 0.1) is 11.8 Å². The van der Waals surface area contributed by atoms with Gasteiger partial charge in [-0.3, -0.25) is 4.90 Å². The smallest absolute Gasteiger partial charge is 0.0540 e. The predicted molar refractivity (Wildman–Crippen MR) is 87.0 cm³/mol. The summed E-state index contributed by atoms with van der Waals surface area (Å²) in [7, 11) is 2.21. The minimum atomic E-state index is 0.131. The fraction of sp³-hybridized carbons (Fsp3) is 0.556. The summed E-state index contributed by atoms with van der Waals surface area (Å²) in [4.78, 5) is 4.99. The summed E-state index contributed by atoms with van der Waals surface area (Å²) in [6, 6.07) is 9.10. The Labute approximate surface area is 128 Å². The van der Waals surface area contributed by atoms with E-state index in [-0.39, 0.29) is 6.61 Å². The molecule has 1 unspecified atom stereocenters. The van der Waals surface area contributed by atoms with Crippen LogP contribution in [0.3, 0.4) is 0 Å². The summed E-state index contributed by atoms with van der Waals surface area (Å²) in [6.07, 6.45) is 1.78. The van der Waals surface area contributed by atoms with E-state index in [9.17, 15) is 0 Å². The van der Waals surface area contributed by atoms with Crippen LogP contribution in [0.5, 0.6) is 0 Å². The van der Waals surface area contributed by atoms with Gasteiger partial charge in [-0.2, -0.15) is 0 Å². The van der Waals surface area contributed by atoms with Crippen LogP contribution in [0.1, 0.15) is 30.9 Å². The highest BCUT2D eigenvalue weighted by Crippen LogP contribution is 2.13. The van der Waals surface area contributed by atoms with Crippen molar-refractivity contribution in [3.63, 3.8) is 0 Å². The molecule has 1 saturated heterocycles. The molecule has 21 heavy (non-hydrogen) atoms. The summed E-state index contributed by atoms with van der Waals surface area (Å²) in [5.74, 6) is 6.03. The lowest BCUT2D eigenvalue weighted by atomic mass is 10.1. The molecule has 114 valence electrons. The highest BCUT2D eigenvalue weighted by molar-refractivity contribution is 5.36. The first-order valence-electron chi connectivity index (χ1n) is 7.80. The third-order valence-corrected chi connectivity index (χ3v) is 3.99. The number of nitrogens with zero attached hydrogens (tertiary/aromatic N) is 2. The van der Waals surface area contributed by atoms with E-state index in [1.54, 1.807) is 0 Å². The number of hydrogen-bond donors (Lipinski definition) is 1. The van der Waals surface area contributed by atoms with Crippen molar-refractivity contribution in [1.29, 1.82) is 0 Å². The molecular formula is C18H26N2O. The van der Waals surface area contributed by atoms with E-state index >= 15 is 0 Å². The number of rotatable bonds is 3. The Morgan fingerprint density at radius 1 is 1.24 bits per heavy atom. The predicted octanol–water partition coefficient (Wildman–Crippen LogP) is 1.95. The Morgan fingerprint density at radius 3 is 2.71 bits per heavy atom. The van der Waals surface area contributed by atoms with Crippen LogP contribution in [0.2, 0.25) is 0 Å². The Bertz CT molecular complexity index is 486. The molecule has 2 rings (SSSR count). The third kappa shape index (κ3) is 5.17. The van der Waals surface area contributed by atoms with E-state index in [1.165, 1.54) is 25.1 Å². The molecule has 0 aromatic heterocycles. The van der Waals surface area contributed by atoms with Crippen molar-refractivity contribution in [2.45, 2.75) is 32.4 Å². The Hall–Kier alpha value is -1.34. The molecule has 1 heterocycles. The first-order chi connectivity index (χ1) is 10.2. The Kier molecular flexibility index (Phi) is 6.25. The molecule has 0 radical (unpaired) electrons. The molecular weight excluding hydrogens is 260 g/mol. The van der Waals surface area contributed by atoms with Crippen LogP contribution in [0.25, 0.3) is 0 Å². The topological polar surface area (TPSA) is 26.7 Å². The van der Waals surface area contributed by atoms with E-state index in [4.69, 9.17) is 5.11 Å². The summed E-state index contributed by atoms with van der Waals surface area (Å²) in [5.41, 5.74) is 2.37. The van der Waals surface area contributed by atoms with Gasteiger partial charge < -0.3 is 10.0 Å². The van der Waals surface area contributed by atoms with Gasteiger partial charge in [0.15, 0.2) is 0 Å². The molecule has 1 aliphatic rings. The first-order valence-corrected chi connectivity index (χ1v) is 7.80. The molecule has 0 amide bonds. The van der Waals surface area contributed by atoms with Gasteiger partial charge in [-0.1, -0.05) is 24.0 Å². The quantitative estimate of drug-likeness (QED) is 0.860. The van der Waals surface area contributed by atoms with Gasteiger partial charge in [-0.15, -0.1) is 0 Å². The second-order valence-electron chi connectivity index (χ2n) is 5.91. The largest absolute Gasteiger partial charge is 0.395 e. The van der Waals surface area contributed by atoms with Gasteiger partial charge in [-0.05, 0) is 44.6 Å². The molecule has 0 bridgehead atoms. The molecule has 1 aromatic carbocycles. The molecule has 1 aliphatic heterocycles. The molecule has 1 fully saturated rings. The van der Waals surface area contributed by atoms with Gasteiger partial charge in [0.1, 0.15) is 0 Å². The van der Waals surface area contributed by atoms with Gasteiger partial charge in [-0.25, -0.2) is 0 Å². The maximum Gasteiger partial charge on any atom is 0.0540 e. The molecule has 3 heteroatoms. The minimum absolute atomic E-state index is 0.131. The van der Waals surface area contributed by atoms with E-state index in [0.717, 1.165) is 18.7 Å². The maximum atomic E-state index is 8.73. The highest BCUT2D eigenvalue weighted by Gasteiger charge is 2.19. The van der Waals surface area contributed by atoms with Gasteiger partial charge in [0.05, 0.1) is 6.61 Å². The van der Waals surface area contributed by atoms with Gasteiger partial charge in [0, 0.05) is 37.7 Å². The van der Waals surface area contributed by atoms with Gasteiger partial charge in [0.2, 0.25) is 0 Å². The fourth-order valence-electron chi connectivity index (χ4n) is 2.81. The molecule has 0 saturated carbocycles. The molecule has 0 spiro atoms. The SMILES string of the molecule is CC1CN(C)CCCN1Cc1ccc(C#CCCO)cc1. The molecule has 1 atom stereocenters. The van der Waals surface area contributed by atoms with E-state index in [2.05, 4.69) is 59.9 Å². The van der Waals surface area contributed by atoms with Crippen molar-refractivity contribution in [1.82, 2.24) is 9.80 Å². The second-order valence-corrected chi connectivity index (χ2v) is 5.91. The van der Waals surface area contributed by atoms with Crippen molar-refractivity contribution in [3.05, 3.63) is 35.4 Å². The second kappa shape index (κ2) is 8.19. The highest BCUT2D eigenvalue weighted by atomic mass is 16.2. The lowest BCUT2D eigenvalue weighted by molar-refractivity contribution is 0.194. The average molecular weight is 286 g/mol. The minimum Gasteiger partial charge on any atom is -0.395 e. The lowest BCUT2D eigenvalue weighted by Gasteiger charge is -2.27. The Balaban J connectivity index is 1.95. The third-order valence-electron chi connectivity index (χ3n) is 3.99. The summed E-state index contributed by atoms with van der Waals surface area (Å²) >= 11 is 0. The normalized spacial score (nSPS) is 20.6. The van der Waals surface area contributed by atoms with Crippen LogP contribution in [-0.2, 0) is 6.54 Å². The van der Waals surface area contributed by atoms with E-state index < -0.39 is 0 Å². The van der Waals surface area contributed by atoms with Crippen LogP contribution in [-0.4, -0.2) is 54.2 Å². The van der Waals surface area contributed by atoms with Crippen molar-refractivity contribution in [2.75, 3.05) is 33.3 Å². The van der Waals surface area contributed by atoms with Crippen molar-refractivity contribution < 1.29 is 5.11 Å². The van der Waals surface area contributed by atoms with E-state index in [1.807, 2.05) is 0 Å². The fourth-order valence-corrected chi connectivity index (χ4v) is 2.81. The van der Waals surface area contributed by atoms with Crippen molar-refractivity contribution in [3.8, 4) is 11.8 Å². The van der Waals surface area contributed by atoms with Crippen molar-refractivity contribution in [2.24, 2.45) is 0 Å². The standard InChI is InChI=1S/C18H26N2O/c1-16-14-19(2)11-5-12-20(16)15-18-9-7-17(8-10-18)6-3-4-13-21/h7-10,16,21H,4-5,11-15H2,1-2H3. The van der Waals surface area contributed by atoms with Gasteiger partial charge >= 0.3 is 0 Å². The van der Waals surface area contributed by atoms with Crippen LogP contribution < -0.4 is 0 Å². The molecule has 1 aromatic rings. The summed E-state index contributed by atoms with van der Waals surface area (Å²) < 4.78 is 0. The molecule has 1 N–H and O–H groups in total. The zero-order valence-electron chi connectivity index (χ0n) is 13.2. The van der Waals surface area contributed by atoms with Crippen LogP contribution in [0.15, 0.2) is 24.3 Å². The molecule has 3 nitrogen and oxygen atoms in total. The number of aliphatic hydroxyl groups is 1. The van der Waals surface area contributed by atoms with Crippen LogP contribution in [0.4, 0.5) is 0 Å². The van der Waals surface area contributed by atoms with Crippen LogP contribution >= 0.6 is 0 Å². The lowest BCUT2D eigenvalue weighted by Crippen LogP contribution is -2.37. The summed E-state index contributed by atoms with van der Waals surface area (Å²) in [6.45, 7) is 6.97. The van der Waals surface area contributed by atoms with E-state index in [0.29, 0.717) is 12.5 Å². The maximum absolute atomic E-state index is 8.73. The first kappa shape index (κ1) is 16.0. The van der Waals surface area contributed by atoms with Crippen molar-refractivity contribution >= 4 is 0 Å². The number of likely N-dealkylation sites (N-methyl/N-ethyl adjacent to an activating group) is 1. The number of benzene rings is 1. The summed E-state index contributed by atoms with van der Waals surface area (Å²) in [5, 5.41) is 8.73. The Morgan fingerprint density at radius 2 is 2.00 bits per heavy atom. The number of hydrogen-bond acceptors (Lipinski definition) is 3.